The van der Waals surface area contributed by atoms with Crippen molar-refractivity contribution in [1.29, 1.82) is 0 Å². The minimum atomic E-state index is -2.07. The predicted molar refractivity (Wildman–Crippen MR) is 49.3 cm³/mol. The van der Waals surface area contributed by atoms with Crippen molar-refractivity contribution in [1.82, 2.24) is 0 Å². The Hall–Kier alpha value is -1.73. The van der Waals surface area contributed by atoms with Crippen LogP contribution in [0.15, 0.2) is 12.7 Å². The smallest absolute Gasteiger partial charge is 0.352 e. The molecule has 0 saturated carbocycles. The number of nitrogens with two attached hydrogens (primary N) is 2. The van der Waals surface area contributed by atoms with Gasteiger partial charge in [0.25, 0.3) is 0 Å². The van der Waals surface area contributed by atoms with E-state index in [4.69, 9.17) is 10.8 Å². The lowest BCUT2D eigenvalue weighted by molar-refractivity contribution is -0.154. The van der Waals surface area contributed by atoms with Gasteiger partial charge in [-0.3, -0.25) is 9.59 Å². The van der Waals surface area contributed by atoms with Crippen molar-refractivity contribution in [2.45, 2.75) is 18.4 Å². The fourth-order valence-corrected chi connectivity index (χ4v) is 0.917. The minimum Gasteiger partial charge on any atom is -0.481 e. The molecule has 0 radical (unpaired) electrons. The first-order valence-electron chi connectivity index (χ1n) is 3.97. The van der Waals surface area contributed by atoms with Crippen LogP contribution in [0.25, 0.3) is 0 Å². The van der Waals surface area contributed by atoms with E-state index in [0.717, 1.165) is 6.08 Å². The maximum Gasteiger partial charge on any atom is 0.352 e. The number of hydrogen-bond donors (Lipinski definition) is 3. The Morgan fingerprint density at radius 3 is 2.33 bits per heavy atom. The van der Waals surface area contributed by atoms with Crippen LogP contribution >= 0.6 is 0 Å². The van der Waals surface area contributed by atoms with Gasteiger partial charge in [0.15, 0.2) is 11.3 Å². The molecule has 0 saturated heterocycles. The summed E-state index contributed by atoms with van der Waals surface area (Å²) in [6.07, 6.45) is -0.0346. The SMILES string of the molecule is C=CC(=O)C(N)(CCC(=O)O)C(=O)ON. The molecular weight excluding hydrogens is 204 g/mol. The molecule has 0 aromatic carbocycles. The van der Waals surface area contributed by atoms with Crippen LogP contribution in [-0.2, 0) is 19.2 Å². The fraction of sp³-hybridized carbons (Fsp3) is 0.375. The second kappa shape index (κ2) is 5.23. The molecular formula is C8H12N2O5. The summed E-state index contributed by atoms with van der Waals surface area (Å²) in [6.45, 7) is 3.14. The fourth-order valence-electron chi connectivity index (χ4n) is 0.917. The second-order valence-electron chi connectivity index (χ2n) is 2.84. The lowest BCUT2D eigenvalue weighted by atomic mass is 9.89. The molecule has 7 heteroatoms. The van der Waals surface area contributed by atoms with E-state index >= 15 is 0 Å². The van der Waals surface area contributed by atoms with E-state index in [0.29, 0.717) is 0 Å². The molecule has 0 amide bonds. The van der Waals surface area contributed by atoms with E-state index in [9.17, 15) is 14.4 Å². The summed E-state index contributed by atoms with van der Waals surface area (Å²) in [4.78, 5) is 36.5. The largest absolute Gasteiger partial charge is 0.481 e. The number of carbonyl (C=O) groups excluding carboxylic acids is 2. The molecule has 0 aliphatic heterocycles. The van der Waals surface area contributed by atoms with Gasteiger partial charge in [0, 0.05) is 6.42 Å². The molecule has 0 heterocycles. The normalized spacial score (nSPS) is 13.7. The van der Waals surface area contributed by atoms with Crippen molar-refractivity contribution < 1.29 is 24.3 Å². The maximum atomic E-state index is 11.3. The van der Waals surface area contributed by atoms with E-state index in [1.54, 1.807) is 0 Å². The zero-order valence-electron chi connectivity index (χ0n) is 7.93. The Morgan fingerprint density at radius 1 is 1.47 bits per heavy atom. The lowest BCUT2D eigenvalue weighted by Gasteiger charge is -2.21. The van der Waals surface area contributed by atoms with Crippen molar-refractivity contribution in [3.63, 3.8) is 0 Å². The van der Waals surface area contributed by atoms with E-state index in [2.05, 4.69) is 17.3 Å². The molecule has 84 valence electrons. The Balaban J connectivity index is 4.85. The molecule has 7 nitrogen and oxygen atoms in total. The van der Waals surface area contributed by atoms with E-state index in [-0.39, 0.29) is 0 Å². The first-order valence-corrected chi connectivity index (χ1v) is 3.97. The van der Waals surface area contributed by atoms with E-state index in [1.165, 1.54) is 0 Å². The van der Waals surface area contributed by atoms with Crippen LogP contribution in [0.5, 0.6) is 0 Å². The van der Waals surface area contributed by atoms with Crippen LogP contribution in [0.3, 0.4) is 0 Å². The third kappa shape index (κ3) is 3.15. The zero-order valence-corrected chi connectivity index (χ0v) is 7.93. The molecule has 0 aromatic rings. The molecule has 0 aliphatic carbocycles. The molecule has 0 aliphatic rings. The predicted octanol–water partition coefficient (Wildman–Crippen LogP) is -1.28. The highest BCUT2D eigenvalue weighted by Crippen LogP contribution is 2.13. The van der Waals surface area contributed by atoms with Crippen LogP contribution in [0.2, 0.25) is 0 Å². The Labute approximate surface area is 85.6 Å². The standard InChI is InChI=1S/C8H12N2O5/c1-2-5(11)8(9,7(14)15-10)4-3-6(12)13/h2H,1,3-4,9-10H2,(H,12,13). The first-order chi connectivity index (χ1) is 6.88. The third-order valence-corrected chi connectivity index (χ3v) is 1.83. The number of carbonyl (C=O) groups is 3. The lowest BCUT2D eigenvalue weighted by Crippen LogP contribution is -2.56. The minimum absolute atomic E-state index is 0.400. The van der Waals surface area contributed by atoms with Crippen LogP contribution < -0.4 is 11.6 Å². The van der Waals surface area contributed by atoms with Gasteiger partial charge in [0.1, 0.15) is 0 Å². The molecule has 0 aromatic heterocycles. The summed E-state index contributed by atoms with van der Waals surface area (Å²) in [7, 11) is 0. The number of ketones is 1. The quantitative estimate of drug-likeness (QED) is 0.286. The summed E-state index contributed by atoms with van der Waals surface area (Å²) >= 11 is 0. The zero-order chi connectivity index (χ0) is 12.1. The summed E-state index contributed by atoms with van der Waals surface area (Å²) in [5.74, 6) is 1.38. The van der Waals surface area contributed by atoms with Crippen LogP contribution in [0.4, 0.5) is 0 Å². The van der Waals surface area contributed by atoms with Gasteiger partial charge >= 0.3 is 11.9 Å². The van der Waals surface area contributed by atoms with E-state index < -0.39 is 36.1 Å². The van der Waals surface area contributed by atoms with Crippen molar-refractivity contribution in [2.75, 3.05) is 0 Å². The summed E-state index contributed by atoms with van der Waals surface area (Å²) in [5, 5.41) is 8.41. The summed E-state index contributed by atoms with van der Waals surface area (Å²) in [5.41, 5.74) is 3.34. The number of hydrogen-bond acceptors (Lipinski definition) is 6. The highest BCUT2D eigenvalue weighted by atomic mass is 16.7. The van der Waals surface area contributed by atoms with Crippen molar-refractivity contribution in [3.8, 4) is 0 Å². The molecule has 1 atom stereocenters. The second-order valence-corrected chi connectivity index (χ2v) is 2.84. The molecule has 0 bridgehead atoms. The summed E-state index contributed by atoms with van der Waals surface area (Å²) < 4.78 is 0. The number of carboxylic acids is 1. The van der Waals surface area contributed by atoms with Gasteiger partial charge in [-0.25, -0.2) is 4.79 Å². The van der Waals surface area contributed by atoms with Gasteiger partial charge in [-0.15, -0.1) is 0 Å². The van der Waals surface area contributed by atoms with Crippen molar-refractivity contribution in [3.05, 3.63) is 12.7 Å². The Morgan fingerprint density at radius 2 is 2.00 bits per heavy atom. The van der Waals surface area contributed by atoms with Gasteiger partial charge in [-0.05, 0) is 12.5 Å². The molecule has 1 unspecified atom stereocenters. The third-order valence-electron chi connectivity index (χ3n) is 1.83. The highest BCUT2D eigenvalue weighted by Gasteiger charge is 2.42. The van der Waals surface area contributed by atoms with E-state index in [1.807, 2.05) is 0 Å². The van der Waals surface area contributed by atoms with Crippen LogP contribution in [-0.4, -0.2) is 28.4 Å². The average Bonchev–Trinajstić information content (AvgIpc) is 2.23. The number of carboxylic acid groups (broad SMARTS) is 1. The molecule has 5 N–H and O–H groups in total. The molecule has 0 spiro atoms. The first kappa shape index (κ1) is 13.3. The topological polar surface area (TPSA) is 133 Å². The molecule has 0 rings (SSSR count). The monoisotopic (exact) mass is 216 g/mol. The van der Waals surface area contributed by atoms with Gasteiger partial charge in [0.05, 0.1) is 0 Å². The van der Waals surface area contributed by atoms with Gasteiger partial charge in [0.2, 0.25) is 0 Å². The Kier molecular flexibility index (Phi) is 4.62. The van der Waals surface area contributed by atoms with Crippen molar-refractivity contribution in [2.24, 2.45) is 11.6 Å². The highest BCUT2D eigenvalue weighted by molar-refractivity contribution is 6.13. The van der Waals surface area contributed by atoms with Crippen LogP contribution in [0, 0.1) is 0 Å². The average molecular weight is 216 g/mol. The summed E-state index contributed by atoms with van der Waals surface area (Å²) in [6, 6.07) is 0. The van der Waals surface area contributed by atoms with Gasteiger partial charge in [-0.2, -0.15) is 5.90 Å². The number of rotatable bonds is 6. The van der Waals surface area contributed by atoms with Gasteiger partial charge in [-0.1, -0.05) is 6.58 Å². The molecule has 0 fully saturated rings. The van der Waals surface area contributed by atoms with Crippen LogP contribution in [0.1, 0.15) is 12.8 Å². The number of aliphatic carboxylic acids is 1. The van der Waals surface area contributed by atoms with Gasteiger partial charge < -0.3 is 15.7 Å². The van der Waals surface area contributed by atoms with Crippen molar-refractivity contribution >= 4 is 17.7 Å². The molecule has 15 heavy (non-hydrogen) atoms. The Bertz CT molecular complexity index is 301. The maximum absolute atomic E-state index is 11.3.